The van der Waals surface area contributed by atoms with E-state index in [0.717, 1.165) is 18.2 Å². The summed E-state index contributed by atoms with van der Waals surface area (Å²) in [6.45, 7) is 1.89. The average molecular weight is 587 g/mol. The lowest BCUT2D eigenvalue weighted by molar-refractivity contribution is -0.146. The van der Waals surface area contributed by atoms with Gasteiger partial charge in [-0.2, -0.15) is 10.4 Å². The zero-order chi connectivity index (χ0) is 29.4. The van der Waals surface area contributed by atoms with Gasteiger partial charge < -0.3 is 19.3 Å². The normalized spacial score (nSPS) is 19.6. The maximum absolute atomic E-state index is 15.1. The van der Waals surface area contributed by atoms with E-state index in [2.05, 4.69) is 10.1 Å². The van der Waals surface area contributed by atoms with Crippen LogP contribution in [0.3, 0.4) is 0 Å². The fraction of sp³-hybridized carbons (Fsp3) is 0.286. The molecule has 0 amide bonds. The first kappa shape index (κ1) is 29.9. The van der Waals surface area contributed by atoms with Crippen LogP contribution in [0, 0.1) is 28.8 Å². The Bertz CT molecular complexity index is 1460. The van der Waals surface area contributed by atoms with Gasteiger partial charge in [0.15, 0.2) is 11.9 Å². The molecule has 214 valence electrons. The molecule has 4 rings (SSSR count). The van der Waals surface area contributed by atoms with Gasteiger partial charge >= 0.3 is 6.16 Å². The highest BCUT2D eigenvalue weighted by Gasteiger charge is 2.47. The van der Waals surface area contributed by atoms with E-state index in [1.807, 2.05) is 6.07 Å². The molecule has 1 saturated heterocycles. The van der Waals surface area contributed by atoms with Gasteiger partial charge in [0, 0.05) is 22.4 Å². The molecule has 2 atom stereocenters. The average Bonchev–Trinajstić information content (AvgIpc) is 3.45. The number of carboxylic acid groups (broad SMARTS) is 1. The van der Waals surface area contributed by atoms with Crippen molar-refractivity contribution in [2.45, 2.75) is 35.9 Å². The lowest BCUT2D eigenvalue weighted by Gasteiger charge is -2.39. The number of ether oxygens (including phenoxy) is 3. The molecule has 1 fully saturated rings. The number of halogens is 3. The number of allylic oxidation sites excluding steroid dienone is 2. The molecule has 2 aromatic carbocycles. The van der Waals surface area contributed by atoms with Gasteiger partial charge in [0.1, 0.15) is 30.1 Å². The highest BCUT2D eigenvalue weighted by Crippen LogP contribution is 2.41. The highest BCUT2D eigenvalue weighted by atomic mass is 32.2. The summed E-state index contributed by atoms with van der Waals surface area (Å²) in [5.41, 5.74) is -1.40. The second kappa shape index (κ2) is 13.5. The molecule has 13 heteroatoms. The SMILES string of the molecule is C[C@@H](S[C@H]1CO[C@H](/C=C/C=C/c2ccc(C#N)cc2F)OC1)[C@@](Cn1cncn1)(OC(=O)O)c1ccc(F)cc1F. The molecule has 1 aliphatic heterocycles. The Balaban J connectivity index is 1.44. The lowest BCUT2D eigenvalue weighted by atomic mass is 9.89. The van der Waals surface area contributed by atoms with Crippen molar-refractivity contribution in [2.75, 3.05) is 13.2 Å². The summed E-state index contributed by atoms with van der Waals surface area (Å²) in [5.74, 6) is -2.30. The Morgan fingerprint density at radius 1 is 1.24 bits per heavy atom. The van der Waals surface area contributed by atoms with Crippen molar-refractivity contribution in [2.24, 2.45) is 0 Å². The Morgan fingerprint density at radius 3 is 2.66 bits per heavy atom. The number of nitrogens with zero attached hydrogens (tertiary/aromatic N) is 4. The molecule has 1 N–H and O–H groups in total. The largest absolute Gasteiger partial charge is 0.506 e. The molecule has 2 heterocycles. The predicted octanol–water partition coefficient (Wildman–Crippen LogP) is 5.29. The van der Waals surface area contributed by atoms with Crippen molar-refractivity contribution in [1.29, 1.82) is 5.26 Å². The standard InChI is InChI=1S/C28H25F3N4O5S/c1-18(28(40-27(36)37,15-35-17-33-16-34-35)23-9-8-21(29)11-25(23)31)41-22-13-38-26(39-14-22)5-3-2-4-20-7-6-19(12-32)10-24(20)30/h2-11,16-18,22,26H,13-15H2,1H3,(H,36,37)/b4-2+,5-3+/t18-,22-,26-,28-/m1/s1. The van der Waals surface area contributed by atoms with Crippen LogP contribution in [0.1, 0.15) is 23.6 Å². The monoisotopic (exact) mass is 586 g/mol. The molecule has 0 aliphatic carbocycles. The van der Waals surface area contributed by atoms with E-state index >= 15 is 4.39 Å². The van der Waals surface area contributed by atoms with Gasteiger partial charge in [-0.1, -0.05) is 24.3 Å². The first-order chi connectivity index (χ1) is 19.7. The Morgan fingerprint density at radius 2 is 2.02 bits per heavy atom. The smallest absolute Gasteiger partial charge is 0.450 e. The third-order valence-corrected chi connectivity index (χ3v) is 7.70. The first-order valence-corrected chi connectivity index (χ1v) is 13.3. The van der Waals surface area contributed by atoms with E-state index in [4.69, 9.17) is 19.5 Å². The third-order valence-electron chi connectivity index (χ3n) is 6.25. The number of hydrogen-bond acceptors (Lipinski definition) is 8. The maximum atomic E-state index is 15.1. The quantitative estimate of drug-likeness (QED) is 0.250. The Hall–Kier alpha value is -4.12. The summed E-state index contributed by atoms with van der Waals surface area (Å²) in [5, 5.41) is 21.5. The van der Waals surface area contributed by atoms with Gasteiger partial charge in [-0.15, -0.1) is 11.8 Å². The number of carbonyl (C=O) groups is 1. The Labute approximate surface area is 237 Å². The van der Waals surface area contributed by atoms with Crippen LogP contribution in [0.25, 0.3) is 6.08 Å². The van der Waals surface area contributed by atoms with Crippen LogP contribution in [0.4, 0.5) is 18.0 Å². The number of benzene rings is 2. The van der Waals surface area contributed by atoms with E-state index in [0.29, 0.717) is 11.6 Å². The predicted molar refractivity (Wildman–Crippen MR) is 143 cm³/mol. The van der Waals surface area contributed by atoms with Crippen LogP contribution in [0.5, 0.6) is 0 Å². The van der Waals surface area contributed by atoms with Crippen LogP contribution in [0.15, 0.2) is 67.3 Å². The molecule has 41 heavy (non-hydrogen) atoms. The molecule has 0 spiro atoms. The summed E-state index contributed by atoms with van der Waals surface area (Å²) in [4.78, 5) is 15.7. The number of hydrogen-bond donors (Lipinski definition) is 1. The molecule has 9 nitrogen and oxygen atoms in total. The minimum atomic E-state index is -1.80. The molecule has 0 unspecified atom stereocenters. The van der Waals surface area contributed by atoms with Crippen LogP contribution in [-0.2, 0) is 26.4 Å². The fourth-order valence-electron chi connectivity index (χ4n) is 4.28. The van der Waals surface area contributed by atoms with Crippen LogP contribution in [0.2, 0.25) is 0 Å². The summed E-state index contributed by atoms with van der Waals surface area (Å²) in [6.07, 6.45) is 6.70. The first-order valence-electron chi connectivity index (χ1n) is 12.3. The molecular formula is C28H25F3N4O5S. The second-order valence-corrected chi connectivity index (χ2v) is 10.6. The molecule has 0 radical (unpaired) electrons. The number of thioether (sulfide) groups is 1. The van der Waals surface area contributed by atoms with Gasteiger partial charge in [-0.05, 0) is 37.3 Å². The zero-order valence-corrected chi connectivity index (χ0v) is 22.5. The van der Waals surface area contributed by atoms with Crippen molar-refractivity contribution >= 4 is 24.0 Å². The molecule has 1 aromatic heterocycles. The maximum Gasteiger partial charge on any atom is 0.506 e. The molecule has 0 bridgehead atoms. The van der Waals surface area contributed by atoms with Crippen LogP contribution in [-0.4, -0.2) is 56.0 Å². The fourth-order valence-corrected chi connectivity index (χ4v) is 5.64. The van der Waals surface area contributed by atoms with Crippen molar-refractivity contribution in [3.05, 3.63) is 101 Å². The minimum absolute atomic E-state index is 0.152. The van der Waals surface area contributed by atoms with Gasteiger partial charge in [0.25, 0.3) is 0 Å². The van der Waals surface area contributed by atoms with Gasteiger partial charge in [-0.25, -0.2) is 27.6 Å². The molecule has 3 aromatic rings. The van der Waals surface area contributed by atoms with E-state index in [1.54, 1.807) is 31.2 Å². The summed E-state index contributed by atoms with van der Waals surface area (Å²) < 4.78 is 61.0. The molecule has 0 saturated carbocycles. The zero-order valence-electron chi connectivity index (χ0n) is 21.7. The van der Waals surface area contributed by atoms with E-state index in [-0.39, 0.29) is 36.1 Å². The van der Waals surface area contributed by atoms with Crippen LogP contribution < -0.4 is 0 Å². The van der Waals surface area contributed by atoms with E-state index < -0.39 is 40.7 Å². The lowest BCUT2D eigenvalue weighted by Crippen LogP contribution is -2.47. The topological polar surface area (TPSA) is 119 Å². The molecular weight excluding hydrogens is 561 g/mol. The summed E-state index contributed by atoms with van der Waals surface area (Å²) in [7, 11) is 0. The third kappa shape index (κ3) is 7.55. The highest BCUT2D eigenvalue weighted by molar-refractivity contribution is 8.00. The number of nitriles is 1. The minimum Gasteiger partial charge on any atom is -0.450 e. The van der Waals surface area contributed by atoms with E-state index in [1.165, 1.54) is 41.2 Å². The van der Waals surface area contributed by atoms with Crippen molar-refractivity contribution < 1.29 is 37.3 Å². The van der Waals surface area contributed by atoms with Gasteiger partial charge in [0.05, 0.1) is 36.6 Å². The van der Waals surface area contributed by atoms with Crippen molar-refractivity contribution in [3.63, 3.8) is 0 Å². The molecule has 1 aliphatic rings. The number of aromatic nitrogens is 3. The van der Waals surface area contributed by atoms with Crippen molar-refractivity contribution in [3.8, 4) is 6.07 Å². The Kier molecular flexibility index (Phi) is 9.82. The van der Waals surface area contributed by atoms with Crippen molar-refractivity contribution in [1.82, 2.24) is 14.8 Å². The summed E-state index contributed by atoms with van der Waals surface area (Å²) >= 11 is 1.27. The van der Waals surface area contributed by atoms with E-state index in [9.17, 15) is 18.7 Å². The number of rotatable bonds is 10. The van der Waals surface area contributed by atoms with Gasteiger partial charge in [0.2, 0.25) is 0 Å². The second-order valence-electron chi connectivity index (χ2n) is 9.00. The summed E-state index contributed by atoms with van der Waals surface area (Å²) in [6, 6.07) is 8.92. The van der Waals surface area contributed by atoms with Gasteiger partial charge in [-0.3, -0.25) is 0 Å². The van der Waals surface area contributed by atoms with Crippen LogP contribution >= 0.6 is 11.8 Å².